The van der Waals surface area contributed by atoms with E-state index in [4.69, 9.17) is 8.92 Å². The van der Waals surface area contributed by atoms with E-state index < -0.39 is 30.0 Å². The molecule has 0 unspecified atom stereocenters. The summed E-state index contributed by atoms with van der Waals surface area (Å²) in [5, 5.41) is 15.4. The Balaban J connectivity index is 2.00. The van der Waals surface area contributed by atoms with E-state index in [1.165, 1.54) is 25.7 Å². The van der Waals surface area contributed by atoms with Crippen LogP contribution in [0.5, 0.6) is 11.5 Å². The minimum Gasteiger partial charge on any atom is -0.496 e. The Morgan fingerprint density at radius 2 is 1.67 bits per heavy atom. The van der Waals surface area contributed by atoms with Crippen molar-refractivity contribution in [1.82, 2.24) is 14.2 Å². The summed E-state index contributed by atoms with van der Waals surface area (Å²) >= 11 is 0. The van der Waals surface area contributed by atoms with Gasteiger partial charge in [0.25, 0.3) is 0 Å². The van der Waals surface area contributed by atoms with Crippen molar-refractivity contribution in [2.45, 2.75) is 5.16 Å². The van der Waals surface area contributed by atoms with Crippen molar-refractivity contribution in [3.8, 4) is 11.5 Å². The standard InChI is InChI=1S/C15H16N4O6S2/c1-24-13-8-9-14(12-7-5-4-6-11(12)13)25-27(22,23)15-16-10-18(17-15)26(2,3)19(20)21/h4-10H,1-3H3. The first-order valence-electron chi connectivity index (χ1n) is 7.47. The largest absolute Gasteiger partial charge is 0.496 e. The molecule has 1 heterocycles. The van der Waals surface area contributed by atoms with Crippen LogP contribution in [0.2, 0.25) is 0 Å². The second kappa shape index (κ2) is 6.70. The van der Waals surface area contributed by atoms with Gasteiger partial charge in [0, 0.05) is 23.3 Å². The lowest BCUT2D eigenvalue weighted by Crippen LogP contribution is -2.18. The van der Waals surface area contributed by atoms with Gasteiger partial charge in [0.2, 0.25) is 0 Å². The van der Waals surface area contributed by atoms with Crippen LogP contribution < -0.4 is 8.92 Å². The molecule has 0 amide bonds. The fraction of sp³-hybridized carbons (Fsp3) is 0.200. The molecule has 0 saturated heterocycles. The molecule has 0 fully saturated rings. The predicted molar refractivity (Wildman–Crippen MR) is 100 cm³/mol. The van der Waals surface area contributed by atoms with Crippen molar-refractivity contribution >= 4 is 31.3 Å². The first-order valence-corrected chi connectivity index (χ1v) is 11.2. The smallest absolute Gasteiger partial charge is 0.377 e. The average Bonchev–Trinajstić information content (AvgIpc) is 3.13. The van der Waals surface area contributed by atoms with Gasteiger partial charge >= 0.3 is 15.3 Å². The molecule has 0 aliphatic rings. The summed E-state index contributed by atoms with van der Waals surface area (Å²) in [5.41, 5.74) is 0. The quantitative estimate of drug-likeness (QED) is 0.343. The highest BCUT2D eigenvalue weighted by Crippen LogP contribution is 2.40. The molecule has 10 nitrogen and oxygen atoms in total. The van der Waals surface area contributed by atoms with Crippen LogP contribution in [0.25, 0.3) is 10.8 Å². The monoisotopic (exact) mass is 412 g/mol. The van der Waals surface area contributed by atoms with Crippen molar-refractivity contribution in [3.05, 3.63) is 52.8 Å². The van der Waals surface area contributed by atoms with Gasteiger partial charge in [-0.15, -0.1) is 5.10 Å². The molecule has 12 heteroatoms. The van der Waals surface area contributed by atoms with Gasteiger partial charge in [0.1, 0.15) is 22.5 Å². The summed E-state index contributed by atoms with van der Waals surface area (Å²) in [7, 11) is -5.48. The summed E-state index contributed by atoms with van der Waals surface area (Å²) in [6.45, 7) is 0. The predicted octanol–water partition coefficient (Wildman–Crippen LogP) is 2.23. The Hall–Kier alpha value is -2.86. The van der Waals surface area contributed by atoms with Crippen molar-refractivity contribution in [2.24, 2.45) is 0 Å². The van der Waals surface area contributed by atoms with Crippen LogP contribution in [-0.2, 0) is 10.1 Å². The number of nitro groups is 1. The third kappa shape index (κ3) is 3.40. The fourth-order valence-corrected chi connectivity index (χ4v) is 3.85. The third-order valence-electron chi connectivity index (χ3n) is 3.76. The van der Waals surface area contributed by atoms with Gasteiger partial charge < -0.3 is 8.92 Å². The lowest BCUT2D eigenvalue weighted by molar-refractivity contribution is -0.297. The Labute approximate surface area is 156 Å². The Bertz CT molecular complexity index is 1130. The van der Waals surface area contributed by atoms with Gasteiger partial charge in [-0.05, 0) is 12.1 Å². The lowest BCUT2D eigenvalue weighted by atomic mass is 10.1. The van der Waals surface area contributed by atoms with E-state index in [9.17, 15) is 18.5 Å². The lowest BCUT2D eigenvalue weighted by Gasteiger charge is -2.19. The van der Waals surface area contributed by atoms with Gasteiger partial charge in [-0.25, -0.2) is 4.98 Å². The first kappa shape index (κ1) is 18.9. The minimum atomic E-state index is -4.38. The van der Waals surface area contributed by atoms with Gasteiger partial charge in [0.15, 0.2) is 5.75 Å². The summed E-state index contributed by atoms with van der Waals surface area (Å²) < 4.78 is 36.0. The second-order valence-electron chi connectivity index (χ2n) is 5.72. The van der Waals surface area contributed by atoms with E-state index >= 15 is 0 Å². The average molecular weight is 412 g/mol. The molecule has 144 valence electrons. The molecule has 0 bridgehead atoms. The number of benzene rings is 2. The number of fused-ring (bicyclic) bond motifs is 1. The molecule has 1 aromatic heterocycles. The maximum absolute atomic E-state index is 12.6. The maximum Gasteiger partial charge on any atom is 0.377 e. The summed E-state index contributed by atoms with van der Waals surface area (Å²) in [5.74, 6) is 0.637. The number of ether oxygens (including phenoxy) is 1. The normalized spacial score (nSPS) is 12.7. The Morgan fingerprint density at radius 1 is 1.07 bits per heavy atom. The van der Waals surface area contributed by atoms with Crippen LogP contribution >= 0.6 is 10.4 Å². The van der Waals surface area contributed by atoms with Gasteiger partial charge in [-0.3, -0.25) is 10.1 Å². The molecule has 0 aliphatic carbocycles. The molecule has 0 N–H and O–H groups in total. The Morgan fingerprint density at radius 3 is 2.26 bits per heavy atom. The van der Waals surface area contributed by atoms with E-state index in [2.05, 4.69) is 10.1 Å². The zero-order valence-corrected chi connectivity index (χ0v) is 16.2. The van der Waals surface area contributed by atoms with Crippen molar-refractivity contribution in [3.63, 3.8) is 0 Å². The molecule has 2 aromatic carbocycles. The highest BCUT2D eigenvalue weighted by molar-refractivity contribution is 8.26. The van der Waals surface area contributed by atoms with E-state index in [0.717, 1.165) is 10.4 Å². The molecule has 0 spiro atoms. The highest BCUT2D eigenvalue weighted by Gasteiger charge is 2.31. The van der Waals surface area contributed by atoms with E-state index in [-0.39, 0.29) is 5.75 Å². The zero-order chi connectivity index (χ0) is 19.8. The third-order valence-corrected chi connectivity index (χ3v) is 6.62. The van der Waals surface area contributed by atoms with E-state index in [0.29, 0.717) is 16.5 Å². The fourth-order valence-electron chi connectivity index (χ4n) is 2.28. The van der Waals surface area contributed by atoms with Crippen LogP contribution in [0.4, 0.5) is 0 Å². The summed E-state index contributed by atoms with van der Waals surface area (Å²) in [6, 6.07) is 10.0. The van der Waals surface area contributed by atoms with Crippen LogP contribution in [0.15, 0.2) is 47.9 Å². The number of hydrogen-bond donors (Lipinski definition) is 0. The summed E-state index contributed by atoms with van der Waals surface area (Å²) in [4.78, 5) is 14.8. The topological polar surface area (TPSA) is 126 Å². The first-order chi connectivity index (χ1) is 12.7. The number of nitrogens with zero attached hydrogens (tertiary/aromatic N) is 4. The molecular formula is C15H16N4O6S2. The zero-order valence-electron chi connectivity index (χ0n) is 14.6. The van der Waals surface area contributed by atoms with Gasteiger partial charge in [-0.1, -0.05) is 24.3 Å². The number of aromatic nitrogens is 3. The van der Waals surface area contributed by atoms with Crippen molar-refractivity contribution in [2.75, 3.05) is 19.6 Å². The van der Waals surface area contributed by atoms with Crippen LogP contribution in [0.3, 0.4) is 0 Å². The van der Waals surface area contributed by atoms with E-state index in [1.807, 2.05) is 0 Å². The highest BCUT2D eigenvalue weighted by atomic mass is 32.3. The molecule has 0 atom stereocenters. The van der Waals surface area contributed by atoms with Crippen LogP contribution in [0, 0.1) is 10.1 Å². The molecule has 3 aromatic rings. The SMILES string of the molecule is COc1ccc(OS(=O)(=O)c2ncn(S(C)(C)[N+](=O)[O-])n2)c2ccccc12. The molecule has 0 saturated carbocycles. The molecule has 0 radical (unpaired) electrons. The Kier molecular flexibility index (Phi) is 4.70. The second-order valence-corrected chi connectivity index (χ2v) is 10.3. The minimum absolute atomic E-state index is 0.0728. The van der Waals surface area contributed by atoms with Crippen LogP contribution in [-0.4, -0.2) is 46.5 Å². The molecule has 0 aliphatic heterocycles. The van der Waals surface area contributed by atoms with Gasteiger partial charge in [0.05, 0.1) is 11.4 Å². The van der Waals surface area contributed by atoms with Crippen LogP contribution in [0.1, 0.15) is 0 Å². The number of hydrogen-bond acceptors (Lipinski definition) is 8. The number of methoxy groups -OCH3 is 1. The maximum atomic E-state index is 12.6. The molecule has 3 rings (SSSR count). The van der Waals surface area contributed by atoms with E-state index in [1.54, 1.807) is 30.3 Å². The van der Waals surface area contributed by atoms with Crippen molar-refractivity contribution < 1.29 is 21.7 Å². The summed E-state index contributed by atoms with van der Waals surface area (Å²) in [6.07, 6.45) is 3.73. The molecular weight excluding hydrogens is 396 g/mol. The van der Waals surface area contributed by atoms with Gasteiger partial charge in [-0.2, -0.15) is 12.5 Å². The van der Waals surface area contributed by atoms with Crippen molar-refractivity contribution in [1.29, 1.82) is 0 Å². The number of rotatable bonds is 6. The molecule has 27 heavy (non-hydrogen) atoms.